The molecule has 1 unspecified atom stereocenters. The summed E-state index contributed by atoms with van der Waals surface area (Å²) < 4.78 is 15.0. The van der Waals surface area contributed by atoms with E-state index in [4.69, 9.17) is 9.47 Å². The van der Waals surface area contributed by atoms with Gasteiger partial charge in [0.25, 0.3) is 0 Å². The number of hydrogen-bond donors (Lipinski definition) is 0. The highest BCUT2D eigenvalue weighted by Crippen LogP contribution is 2.39. The van der Waals surface area contributed by atoms with E-state index < -0.39 is 0 Å². The number of nitrogens with zero attached hydrogens (tertiary/aromatic N) is 2. The Balaban J connectivity index is 1.49. The molecule has 2 aliphatic heterocycles. The summed E-state index contributed by atoms with van der Waals surface area (Å²) in [6, 6.07) is 12.9. The lowest BCUT2D eigenvalue weighted by Gasteiger charge is -2.22. The van der Waals surface area contributed by atoms with Crippen molar-refractivity contribution in [2.45, 2.75) is 31.9 Å². The highest BCUT2D eigenvalue weighted by atomic mass is 79.9. The molecule has 0 N–H and O–H groups in total. The molecule has 0 amide bonds. The van der Waals surface area contributed by atoms with Crippen molar-refractivity contribution in [3.05, 3.63) is 58.8 Å². The molecule has 3 heterocycles. The number of halogens is 1. The van der Waals surface area contributed by atoms with Crippen molar-refractivity contribution < 1.29 is 9.47 Å². The van der Waals surface area contributed by atoms with Crippen LogP contribution < -0.4 is 4.74 Å². The van der Waals surface area contributed by atoms with Gasteiger partial charge in [0.05, 0.1) is 12.8 Å². The maximum absolute atomic E-state index is 6.09. The molecule has 138 valence electrons. The molecule has 0 radical (unpaired) electrons. The minimum Gasteiger partial charge on any atom is -0.493 e. The summed E-state index contributed by atoms with van der Waals surface area (Å²) >= 11 is 3.57. The molecule has 0 aliphatic carbocycles. The molecular formula is C22H21BrN2O2. The van der Waals surface area contributed by atoms with Crippen LogP contribution in [0.3, 0.4) is 0 Å². The second-order valence-electron chi connectivity index (χ2n) is 7.14. The topological polar surface area (TPSA) is 36.3 Å². The quantitative estimate of drug-likeness (QED) is 0.535. The Morgan fingerprint density at radius 1 is 1.00 bits per heavy atom. The van der Waals surface area contributed by atoms with Gasteiger partial charge in [-0.3, -0.25) is 0 Å². The zero-order chi connectivity index (χ0) is 18.2. The Bertz CT molecular complexity index is 976. The molecule has 2 aliphatic rings. The largest absolute Gasteiger partial charge is 0.493 e. The van der Waals surface area contributed by atoms with E-state index >= 15 is 0 Å². The Hall–Kier alpha value is -2.11. The predicted octanol–water partition coefficient (Wildman–Crippen LogP) is 5.61. The summed E-state index contributed by atoms with van der Waals surface area (Å²) in [5.41, 5.74) is 5.94. The highest BCUT2D eigenvalue weighted by Gasteiger charge is 2.19. The van der Waals surface area contributed by atoms with Crippen molar-refractivity contribution in [2.75, 3.05) is 13.2 Å². The van der Waals surface area contributed by atoms with Crippen LogP contribution in [0.25, 0.3) is 22.3 Å². The summed E-state index contributed by atoms with van der Waals surface area (Å²) in [5, 5.41) is 4.54. The molecular weight excluding hydrogens is 404 g/mol. The van der Waals surface area contributed by atoms with Crippen molar-refractivity contribution in [1.29, 1.82) is 0 Å². The summed E-state index contributed by atoms with van der Waals surface area (Å²) in [6.45, 7) is 1.51. The number of ether oxygens (including phenoxy) is 2. The first kappa shape index (κ1) is 17.0. The minimum atomic E-state index is 0.0647. The number of rotatable bonds is 2. The first-order chi connectivity index (χ1) is 13.3. The van der Waals surface area contributed by atoms with E-state index in [1.807, 2.05) is 10.9 Å². The smallest absolute Gasteiger partial charge is 0.150 e. The van der Waals surface area contributed by atoms with Crippen molar-refractivity contribution in [3.63, 3.8) is 0 Å². The Morgan fingerprint density at radius 2 is 1.93 bits per heavy atom. The van der Waals surface area contributed by atoms with Gasteiger partial charge in [-0.2, -0.15) is 5.10 Å². The SMILES string of the molecule is Brc1ccc2c(c1)CCOc1cc(-c3cnn(C4CCCCO4)c3)ccc1-2. The molecule has 0 spiro atoms. The zero-order valence-electron chi connectivity index (χ0n) is 15.0. The molecule has 1 saturated heterocycles. The van der Waals surface area contributed by atoms with Crippen molar-refractivity contribution >= 4 is 15.9 Å². The zero-order valence-corrected chi connectivity index (χ0v) is 16.6. The predicted molar refractivity (Wildman–Crippen MR) is 109 cm³/mol. The lowest BCUT2D eigenvalue weighted by atomic mass is 9.96. The highest BCUT2D eigenvalue weighted by molar-refractivity contribution is 9.10. The minimum absolute atomic E-state index is 0.0647. The van der Waals surface area contributed by atoms with Crippen LogP contribution >= 0.6 is 15.9 Å². The number of benzene rings is 2. The second kappa shape index (κ2) is 7.13. The van der Waals surface area contributed by atoms with Crippen LogP contribution in [0.5, 0.6) is 5.75 Å². The molecule has 27 heavy (non-hydrogen) atoms. The molecule has 0 saturated carbocycles. The van der Waals surface area contributed by atoms with Crippen LogP contribution in [-0.2, 0) is 11.2 Å². The Kier molecular flexibility index (Phi) is 4.50. The summed E-state index contributed by atoms with van der Waals surface area (Å²) in [7, 11) is 0. The third kappa shape index (κ3) is 3.30. The average Bonchev–Trinajstić information content (AvgIpc) is 3.12. The lowest BCUT2D eigenvalue weighted by molar-refractivity contribution is -0.0394. The third-order valence-corrected chi connectivity index (χ3v) is 5.85. The van der Waals surface area contributed by atoms with E-state index in [-0.39, 0.29) is 6.23 Å². The van der Waals surface area contributed by atoms with E-state index in [0.29, 0.717) is 6.61 Å². The molecule has 2 aromatic carbocycles. The Labute approximate surface area is 167 Å². The maximum Gasteiger partial charge on any atom is 0.150 e. The van der Waals surface area contributed by atoms with Gasteiger partial charge in [0.2, 0.25) is 0 Å². The number of aromatic nitrogens is 2. The van der Waals surface area contributed by atoms with E-state index in [1.54, 1.807) is 0 Å². The third-order valence-electron chi connectivity index (χ3n) is 5.35. The van der Waals surface area contributed by atoms with Gasteiger partial charge >= 0.3 is 0 Å². The summed E-state index contributed by atoms with van der Waals surface area (Å²) in [6.07, 6.45) is 8.35. The van der Waals surface area contributed by atoms with E-state index in [9.17, 15) is 0 Å². The van der Waals surface area contributed by atoms with E-state index in [1.165, 1.54) is 17.5 Å². The van der Waals surface area contributed by atoms with E-state index in [2.05, 4.69) is 63.6 Å². The molecule has 5 rings (SSSR count). The van der Waals surface area contributed by atoms with Crippen molar-refractivity contribution in [1.82, 2.24) is 9.78 Å². The molecule has 1 fully saturated rings. The molecule has 3 aromatic rings. The van der Waals surface area contributed by atoms with Gasteiger partial charge in [-0.25, -0.2) is 4.68 Å². The van der Waals surface area contributed by atoms with Crippen LogP contribution in [0.2, 0.25) is 0 Å². The fourth-order valence-electron chi connectivity index (χ4n) is 3.92. The van der Waals surface area contributed by atoms with Crippen LogP contribution in [0.1, 0.15) is 31.1 Å². The molecule has 4 nitrogen and oxygen atoms in total. The normalized spacial score (nSPS) is 18.9. The van der Waals surface area contributed by atoms with Crippen LogP contribution in [0, 0.1) is 0 Å². The maximum atomic E-state index is 6.09. The van der Waals surface area contributed by atoms with E-state index in [0.717, 1.165) is 52.8 Å². The van der Waals surface area contributed by atoms with Gasteiger partial charge < -0.3 is 9.47 Å². The van der Waals surface area contributed by atoms with Crippen molar-refractivity contribution in [2.24, 2.45) is 0 Å². The average molecular weight is 425 g/mol. The first-order valence-corrected chi connectivity index (χ1v) is 10.3. The second-order valence-corrected chi connectivity index (χ2v) is 8.06. The number of fused-ring (bicyclic) bond motifs is 3. The monoisotopic (exact) mass is 424 g/mol. The lowest BCUT2D eigenvalue weighted by Crippen LogP contribution is -2.18. The van der Waals surface area contributed by atoms with Crippen molar-refractivity contribution in [3.8, 4) is 28.0 Å². The van der Waals surface area contributed by atoms with Gasteiger partial charge in [0, 0.05) is 34.8 Å². The Morgan fingerprint density at radius 3 is 2.81 bits per heavy atom. The standard InChI is InChI=1S/C22H21BrN2O2/c23-18-5-7-19-16(11-18)8-10-26-21-12-15(4-6-20(19)21)17-13-24-25(14-17)22-3-1-2-9-27-22/h4-7,11-14,22H,1-3,8-10H2. The van der Waals surface area contributed by atoms with Crippen LogP contribution in [0.4, 0.5) is 0 Å². The van der Waals surface area contributed by atoms with Gasteiger partial charge in [-0.1, -0.05) is 34.1 Å². The molecule has 0 bridgehead atoms. The molecule has 1 atom stereocenters. The molecule has 5 heteroatoms. The molecule has 1 aromatic heterocycles. The van der Waals surface area contributed by atoms with Gasteiger partial charge in [-0.05, 0) is 54.2 Å². The first-order valence-electron chi connectivity index (χ1n) is 9.50. The summed E-state index contributed by atoms with van der Waals surface area (Å²) in [5.74, 6) is 0.940. The fourth-order valence-corrected chi connectivity index (χ4v) is 4.33. The van der Waals surface area contributed by atoms with Gasteiger partial charge in [-0.15, -0.1) is 0 Å². The number of hydrogen-bond acceptors (Lipinski definition) is 3. The van der Waals surface area contributed by atoms with Crippen LogP contribution in [0.15, 0.2) is 53.3 Å². The van der Waals surface area contributed by atoms with Crippen LogP contribution in [-0.4, -0.2) is 23.0 Å². The summed E-state index contributed by atoms with van der Waals surface area (Å²) in [4.78, 5) is 0. The fraction of sp³-hybridized carbons (Fsp3) is 0.318. The van der Waals surface area contributed by atoms with Gasteiger partial charge in [0.1, 0.15) is 12.0 Å². The van der Waals surface area contributed by atoms with Gasteiger partial charge in [0.15, 0.2) is 0 Å².